The zero-order valence-electron chi connectivity index (χ0n) is 17.2. The number of amides is 1. The Hall–Kier alpha value is -2.74. The van der Waals surface area contributed by atoms with Gasteiger partial charge in [0.15, 0.2) is 10.9 Å². The fraction of sp³-hybridized carbons (Fsp3) is 0.261. The molecule has 1 aromatic heterocycles. The lowest BCUT2D eigenvalue weighted by molar-refractivity contribution is -0.117. The minimum Gasteiger partial charge on any atom is -0.369 e. The summed E-state index contributed by atoms with van der Waals surface area (Å²) in [5.41, 5.74) is 3.61. The highest BCUT2D eigenvalue weighted by Gasteiger charge is 2.20. The first-order chi connectivity index (χ1) is 15.0. The second-order valence-electron chi connectivity index (χ2n) is 7.46. The number of carbonyl (C=O) groups is 2. The predicted molar refractivity (Wildman–Crippen MR) is 126 cm³/mol. The first-order valence-electron chi connectivity index (χ1n) is 10.1. The van der Waals surface area contributed by atoms with Crippen LogP contribution in [0.25, 0.3) is 11.3 Å². The lowest BCUT2D eigenvalue weighted by atomic mass is 10.1. The quantitative estimate of drug-likeness (QED) is 0.558. The van der Waals surface area contributed by atoms with Gasteiger partial charge in [0.2, 0.25) is 5.91 Å². The molecule has 6 nitrogen and oxygen atoms in total. The van der Waals surface area contributed by atoms with Crippen LogP contribution in [0.5, 0.6) is 0 Å². The number of hydrogen-bond donors (Lipinski definition) is 1. The Morgan fingerprint density at radius 1 is 1.03 bits per heavy atom. The Kier molecular flexibility index (Phi) is 6.65. The molecule has 1 aliphatic heterocycles. The zero-order chi connectivity index (χ0) is 21.8. The van der Waals surface area contributed by atoms with Crippen LogP contribution in [0.1, 0.15) is 17.3 Å². The number of hydrogen-bond acceptors (Lipinski definition) is 6. The first-order valence-corrected chi connectivity index (χ1v) is 11.3. The molecule has 2 heterocycles. The number of aromatic nitrogens is 1. The molecule has 0 spiro atoms. The van der Waals surface area contributed by atoms with Gasteiger partial charge in [-0.3, -0.25) is 14.5 Å². The summed E-state index contributed by atoms with van der Waals surface area (Å²) < 4.78 is 0. The predicted octanol–water partition coefficient (Wildman–Crippen LogP) is 4.43. The van der Waals surface area contributed by atoms with Crippen LogP contribution < -0.4 is 10.2 Å². The third kappa shape index (κ3) is 5.50. The Balaban J connectivity index is 1.26. The third-order valence-electron chi connectivity index (χ3n) is 5.27. The molecular formula is C23H23ClN4O2S. The lowest BCUT2D eigenvalue weighted by Crippen LogP contribution is -2.48. The third-order valence-corrected chi connectivity index (χ3v) is 6.28. The molecule has 3 aromatic rings. The SMILES string of the molecule is CC(=O)c1ccc(N2CCN(CC(=O)Nc3nc(-c4ccc(Cl)cc4)cs3)CC2)cc1. The summed E-state index contributed by atoms with van der Waals surface area (Å²) in [5.74, 6) is 0.0131. The molecule has 0 radical (unpaired) electrons. The van der Waals surface area contributed by atoms with Gasteiger partial charge in [0.25, 0.3) is 0 Å². The smallest absolute Gasteiger partial charge is 0.240 e. The molecule has 0 unspecified atom stereocenters. The minimum absolute atomic E-state index is 0.0590. The number of benzene rings is 2. The highest BCUT2D eigenvalue weighted by Crippen LogP contribution is 2.26. The van der Waals surface area contributed by atoms with Gasteiger partial charge in [-0.05, 0) is 43.3 Å². The van der Waals surface area contributed by atoms with Crippen molar-refractivity contribution in [1.82, 2.24) is 9.88 Å². The number of carbonyl (C=O) groups excluding carboxylic acids is 2. The number of piperazine rings is 1. The number of Topliss-reactive ketones (excluding diaryl/α,β-unsaturated/α-hetero) is 1. The zero-order valence-corrected chi connectivity index (χ0v) is 18.7. The van der Waals surface area contributed by atoms with Gasteiger partial charge in [0.05, 0.1) is 12.2 Å². The van der Waals surface area contributed by atoms with E-state index in [-0.39, 0.29) is 11.7 Å². The molecule has 2 aromatic carbocycles. The molecule has 0 saturated carbocycles. The van der Waals surface area contributed by atoms with Gasteiger partial charge in [0.1, 0.15) is 0 Å². The van der Waals surface area contributed by atoms with Crippen molar-refractivity contribution in [2.24, 2.45) is 0 Å². The van der Waals surface area contributed by atoms with E-state index in [0.29, 0.717) is 16.7 Å². The van der Waals surface area contributed by atoms with Crippen LogP contribution in [0.2, 0.25) is 5.02 Å². The van der Waals surface area contributed by atoms with Gasteiger partial charge >= 0.3 is 0 Å². The highest BCUT2D eigenvalue weighted by atomic mass is 35.5. The van der Waals surface area contributed by atoms with E-state index in [9.17, 15) is 9.59 Å². The molecule has 1 fully saturated rings. The molecule has 1 N–H and O–H groups in total. The number of rotatable bonds is 6. The Labute approximate surface area is 190 Å². The Morgan fingerprint density at radius 2 is 1.71 bits per heavy atom. The van der Waals surface area contributed by atoms with E-state index in [0.717, 1.165) is 48.7 Å². The van der Waals surface area contributed by atoms with Crippen molar-refractivity contribution in [2.75, 3.05) is 42.9 Å². The summed E-state index contributed by atoms with van der Waals surface area (Å²) in [7, 11) is 0. The maximum Gasteiger partial charge on any atom is 0.240 e. The van der Waals surface area contributed by atoms with Gasteiger partial charge in [-0.15, -0.1) is 11.3 Å². The van der Waals surface area contributed by atoms with Crippen LogP contribution in [0, 0.1) is 0 Å². The molecule has 8 heteroatoms. The average Bonchev–Trinajstić information content (AvgIpc) is 3.23. The van der Waals surface area contributed by atoms with Crippen molar-refractivity contribution in [3.63, 3.8) is 0 Å². The molecule has 4 rings (SSSR count). The maximum atomic E-state index is 12.5. The second kappa shape index (κ2) is 9.60. The largest absolute Gasteiger partial charge is 0.369 e. The summed E-state index contributed by atoms with van der Waals surface area (Å²) in [4.78, 5) is 32.8. The monoisotopic (exact) mass is 454 g/mol. The molecule has 31 heavy (non-hydrogen) atoms. The summed E-state index contributed by atoms with van der Waals surface area (Å²) in [5, 5.41) is 6.11. The van der Waals surface area contributed by atoms with Crippen LogP contribution >= 0.6 is 22.9 Å². The van der Waals surface area contributed by atoms with Crippen LogP contribution in [0.4, 0.5) is 10.8 Å². The van der Waals surface area contributed by atoms with Crippen LogP contribution in [0.3, 0.4) is 0 Å². The van der Waals surface area contributed by atoms with Crippen LogP contribution in [-0.4, -0.2) is 54.3 Å². The van der Waals surface area contributed by atoms with E-state index in [1.165, 1.54) is 11.3 Å². The normalized spacial score (nSPS) is 14.5. The van der Waals surface area contributed by atoms with Gasteiger partial charge < -0.3 is 10.2 Å². The van der Waals surface area contributed by atoms with Gasteiger partial charge in [-0.25, -0.2) is 4.98 Å². The van der Waals surface area contributed by atoms with E-state index >= 15 is 0 Å². The van der Waals surface area contributed by atoms with Gasteiger partial charge in [0, 0.05) is 53.4 Å². The molecular weight excluding hydrogens is 432 g/mol. The van der Waals surface area contributed by atoms with Crippen molar-refractivity contribution in [3.8, 4) is 11.3 Å². The second-order valence-corrected chi connectivity index (χ2v) is 8.75. The lowest BCUT2D eigenvalue weighted by Gasteiger charge is -2.35. The molecule has 0 aliphatic carbocycles. The summed E-state index contributed by atoms with van der Waals surface area (Å²) >= 11 is 7.35. The Morgan fingerprint density at radius 3 is 2.35 bits per heavy atom. The van der Waals surface area contributed by atoms with Crippen LogP contribution in [-0.2, 0) is 4.79 Å². The van der Waals surface area contributed by atoms with Crippen molar-refractivity contribution in [1.29, 1.82) is 0 Å². The number of nitrogens with one attached hydrogen (secondary N) is 1. The van der Waals surface area contributed by atoms with E-state index < -0.39 is 0 Å². The number of thiazole rings is 1. The number of ketones is 1. The summed E-state index contributed by atoms with van der Waals surface area (Å²) in [6.45, 7) is 5.19. The number of anilines is 2. The average molecular weight is 455 g/mol. The van der Waals surface area contributed by atoms with Crippen molar-refractivity contribution >= 4 is 45.4 Å². The number of nitrogens with zero attached hydrogens (tertiary/aromatic N) is 3. The summed E-state index contributed by atoms with van der Waals surface area (Å²) in [6, 6.07) is 15.2. The van der Waals surface area contributed by atoms with E-state index in [2.05, 4.69) is 20.1 Å². The van der Waals surface area contributed by atoms with Crippen molar-refractivity contribution < 1.29 is 9.59 Å². The summed E-state index contributed by atoms with van der Waals surface area (Å²) in [6.07, 6.45) is 0. The standard InChI is InChI=1S/C23H23ClN4O2S/c1-16(29)17-4-8-20(9-5-17)28-12-10-27(11-13-28)14-22(30)26-23-25-21(15-31-23)18-2-6-19(24)7-3-18/h2-9,15H,10-14H2,1H3,(H,25,26,30). The fourth-order valence-corrected chi connectivity index (χ4v) is 4.38. The van der Waals surface area contributed by atoms with E-state index in [1.54, 1.807) is 6.92 Å². The number of halogens is 1. The molecule has 1 amide bonds. The van der Waals surface area contributed by atoms with Crippen LogP contribution in [0.15, 0.2) is 53.9 Å². The molecule has 160 valence electrons. The first kappa shape index (κ1) is 21.5. The minimum atomic E-state index is -0.0590. The molecule has 0 bridgehead atoms. The maximum absolute atomic E-state index is 12.5. The molecule has 1 aliphatic rings. The molecule has 1 saturated heterocycles. The fourth-order valence-electron chi connectivity index (χ4n) is 3.52. The molecule has 0 atom stereocenters. The van der Waals surface area contributed by atoms with E-state index in [1.807, 2.05) is 53.9 Å². The van der Waals surface area contributed by atoms with Gasteiger partial charge in [-0.2, -0.15) is 0 Å². The van der Waals surface area contributed by atoms with E-state index in [4.69, 9.17) is 11.6 Å². The van der Waals surface area contributed by atoms with Crippen molar-refractivity contribution in [2.45, 2.75) is 6.92 Å². The topological polar surface area (TPSA) is 65.5 Å². The highest BCUT2D eigenvalue weighted by molar-refractivity contribution is 7.14. The van der Waals surface area contributed by atoms with Gasteiger partial charge in [-0.1, -0.05) is 23.7 Å². The Bertz CT molecular complexity index is 1060. The van der Waals surface area contributed by atoms with Crippen molar-refractivity contribution in [3.05, 3.63) is 64.5 Å².